The van der Waals surface area contributed by atoms with E-state index in [-0.39, 0.29) is 10.6 Å². The molecule has 0 aliphatic carbocycles. The Kier molecular flexibility index (Phi) is 4.38. The summed E-state index contributed by atoms with van der Waals surface area (Å²) in [4.78, 5) is 14.4. The number of aromatic nitrogens is 1. The second kappa shape index (κ2) is 6.23. The first kappa shape index (κ1) is 12.7. The molecule has 0 atom stereocenters. The van der Waals surface area contributed by atoms with Gasteiger partial charge in [0.2, 0.25) is 0 Å². The van der Waals surface area contributed by atoms with Gasteiger partial charge in [0.15, 0.2) is 0 Å². The van der Waals surface area contributed by atoms with Gasteiger partial charge < -0.3 is 5.32 Å². The van der Waals surface area contributed by atoms with Crippen LogP contribution in [0.2, 0.25) is 0 Å². The van der Waals surface area contributed by atoms with Gasteiger partial charge in [0.25, 0.3) is 5.69 Å². The minimum atomic E-state index is -0.376. The van der Waals surface area contributed by atoms with E-state index in [1.54, 1.807) is 23.5 Å². The van der Waals surface area contributed by atoms with Crippen LogP contribution in [0.3, 0.4) is 0 Å². The Bertz CT molecular complexity index is 514. The Morgan fingerprint density at radius 3 is 3.06 bits per heavy atom. The van der Waals surface area contributed by atoms with Gasteiger partial charge >= 0.3 is 0 Å². The number of nitrogens with zero attached hydrogens (tertiary/aromatic N) is 2. The van der Waals surface area contributed by atoms with Gasteiger partial charge in [-0.05, 0) is 5.56 Å². The van der Waals surface area contributed by atoms with Gasteiger partial charge in [0, 0.05) is 37.0 Å². The highest BCUT2D eigenvalue weighted by Gasteiger charge is 2.04. The minimum absolute atomic E-state index is 0.133. The highest BCUT2D eigenvalue weighted by Crippen LogP contribution is 2.12. The summed E-state index contributed by atoms with van der Waals surface area (Å²) in [6.07, 6.45) is 0.873. The Morgan fingerprint density at radius 2 is 2.33 bits per heavy atom. The van der Waals surface area contributed by atoms with E-state index in [9.17, 15) is 10.1 Å². The molecule has 0 radical (unpaired) electrons. The highest BCUT2D eigenvalue weighted by molar-refractivity contribution is 7.07. The zero-order chi connectivity index (χ0) is 12.8. The highest BCUT2D eigenvalue weighted by atomic mass is 32.1. The first-order chi connectivity index (χ1) is 8.75. The maximum Gasteiger partial charge on any atom is 0.269 e. The van der Waals surface area contributed by atoms with Crippen molar-refractivity contribution in [3.05, 3.63) is 56.5 Å². The largest absolute Gasteiger partial charge is 0.312 e. The van der Waals surface area contributed by atoms with Gasteiger partial charge in [-0.15, -0.1) is 11.3 Å². The number of hydrogen-bond donors (Lipinski definition) is 1. The smallest absolute Gasteiger partial charge is 0.269 e. The summed E-state index contributed by atoms with van der Waals surface area (Å²) in [5, 5.41) is 15.9. The summed E-state index contributed by atoms with van der Waals surface area (Å²) in [6.45, 7) is 1.44. The van der Waals surface area contributed by atoms with Crippen LogP contribution in [-0.4, -0.2) is 16.5 Å². The van der Waals surface area contributed by atoms with Crippen LogP contribution in [-0.2, 0) is 13.0 Å². The predicted molar refractivity (Wildman–Crippen MR) is 70.6 cm³/mol. The standard InChI is InChI=1S/C12H13N3O2S/c16-15(17)12-3-1-2-10(6-12)7-13-5-4-11-8-18-9-14-11/h1-3,6,8-9,13H,4-5,7H2. The fraction of sp³-hybridized carbons (Fsp3) is 0.250. The van der Waals surface area contributed by atoms with Crippen LogP contribution in [0.1, 0.15) is 11.3 Å². The lowest BCUT2D eigenvalue weighted by Crippen LogP contribution is -2.16. The third-order valence-electron chi connectivity index (χ3n) is 2.49. The lowest BCUT2D eigenvalue weighted by Gasteiger charge is -2.03. The third-order valence-corrected chi connectivity index (χ3v) is 3.13. The monoisotopic (exact) mass is 263 g/mol. The number of hydrogen-bond acceptors (Lipinski definition) is 5. The van der Waals surface area contributed by atoms with Crippen LogP contribution in [0, 0.1) is 10.1 Å². The normalized spacial score (nSPS) is 10.4. The van der Waals surface area contributed by atoms with Crippen LogP contribution in [0.5, 0.6) is 0 Å². The van der Waals surface area contributed by atoms with E-state index in [1.807, 2.05) is 17.0 Å². The molecule has 1 aromatic heterocycles. The summed E-state index contributed by atoms with van der Waals surface area (Å²) >= 11 is 1.59. The molecule has 0 bridgehead atoms. The van der Waals surface area contributed by atoms with Crippen molar-refractivity contribution >= 4 is 17.0 Å². The lowest BCUT2D eigenvalue weighted by atomic mass is 10.2. The first-order valence-corrected chi connectivity index (χ1v) is 6.51. The molecular weight excluding hydrogens is 250 g/mol. The van der Waals surface area contributed by atoms with Crippen molar-refractivity contribution in [1.82, 2.24) is 10.3 Å². The number of nitro benzene ring substituents is 1. The van der Waals surface area contributed by atoms with Gasteiger partial charge in [-0.2, -0.15) is 0 Å². The van der Waals surface area contributed by atoms with Gasteiger partial charge in [-0.3, -0.25) is 10.1 Å². The molecule has 0 aliphatic heterocycles. The molecule has 1 heterocycles. The van der Waals surface area contributed by atoms with Crippen LogP contribution >= 0.6 is 11.3 Å². The quantitative estimate of drug-likeness (QED) is 0.493. The minimum Gasteiger partial charge on any atom is -0.312 e. The molecule has 0 fully saturated rings. The molecule has 2 rings (SSSR count). The number of thiazole rings is 1. The van der Waals surface area contributed by atoms with Crippen molar-refractivity contribution in [2.75, 3.05) is 6.54 Å². The second-order valence-corrected chi connectivity index (χ2v) is 4.55. The van der Waals surface area contributed by atoms with Crippen LogP contribution < -0.4 is 5.32 Å². The van der Waals surface area contributed by atoms with Crippen molar-refractivity contribution in [3.63, 3.8) is 0 Å². The van der Waals surface area contributed by atoms with Gasteiger partial charge in [-0.25, -0.2) is 4.98 Å². The maximum absolute atomic E-state index is 10.6. The van der Waals surface area contributed by atoms with Crippen LogP contribution in [0.4, 0.5) is 5.69 Å². The van der Waals surface area contributed by atoms with E-state index in [1.165, 1.54) is 6.07 Å². The number of non-ortho nitro benzene ring substituents is 1. The summed E-state index contributed by atoms with van der Waals surface area (Å²) in [5.41, 5.74) is 3.94. The predicted octanol–water partition coefficient (Wildman–Crippen LogP) is 2.38. The number of nitrogens with one attached hydrogen (secondary N) is 1. The molecule has 0 amide bonds. The van der Waals surface area contributed by atoms with E-state index in [0.29, 0.717) is 6.54 Å². The lowest BCUT2D eigenvalue weighted by molar-refractivity contribution is -0.384. The molecule has 1 N–H and O–H groups in total. The van der Waals surface area contributed by atoms with Gasteiger partial charge in [-0.1, -0.05) is 12.1 Å². The zero-order valence-electron chi connectivity index (χ0n) is 9.70. The van der Waals surface area contributed by atoms with Crippen molar-refractivity contribution < 1.29 is 4.92 Å². The Hall–Kier alpha value is -1.79. The molecule has 6 heteroatoms. The molecule has 94 valence electrons. The maximum atomic E-state index is 10.6. The fourth-order valence-corrected chi connectivity index (χ4v) is 2.18. The number of nitro groups is 1. The summed E-state index contributed by atoms with van der Waals surface area (Å²) in [6, 6.07) is 6.67. The number of benzene rings is 1. The van der Waals surface area contributed by atoms with Crippen molar-refractivity contribution in [3.8, 4) is 0 Å². The van der Waals surface area contributed by atoms with Crippen molar-refractivity contribution in [2.24, 2.45) is 0 Å². The number of rotatable bonds is 6. The van der Waals surface area contributed by atoms with Crippen LogP contribution in [0.25, 0.3) is 0 Å². The topological polar surface area (TPSA) is 68.1 Å². The summed E-state index contributed by atoms with van der Waals surface area (Å²) in [7, 11) is 0. The Morgan fingerprint density at radius 1 is 1.44 bits per heavy atom. The van der Waals surface area contributed by atoms with E-state index < -0.39 is 0 Å². The molecule has 18 heavy (non-hydrogen) atoms. The van der Waals surface area contributed by atoms with Gasteiger partial charge in [0.1, 0.15) is 0 Å². The second-order valence-electron chi connectivity index (χ2n) is 3.83. The molecule has 5 nitrogen and oxygen atoms in total. The fourth-order valence-electron chi connectivity index (χ4n) is 1.59. The SMILES string of the molecule is O=[N+]([O-])c1cccc(CNCCc2cscn2)c1. The van der Waals surface area contributed by atoms with E-state index in [0.717, 1.165) is 24.2 Å². The molecule has 0 unspecified atom stereocenters. The zero-order valence-corrected chi connectivity index (χ0v) is 10.5. The molecule has 0 saturated heterocycles. The average Bonchev–Trinajstić information content (AvgIpc) is 2.88. The summed E-state index contributed by atoms with van der Waals surface area (Å²) in [5.74, 6) is 0. The van der Waals surface area contributed by atoms with E-state index >= 15 is 0 Å². The Labute approximate surface area is 109 Å². The van der Waals surface area contributed by atoms with Gasteiger partial charge in [0.05, 0.1) is 16.1 Å². The third kappa shape index (κ3) is 3.61. The molecule has 0 spiro atoms. The molecule has 0 saturated carbocycles. The molecular formula is C12H13N3O2S. The van der Waals surface area contributed by atoms with E-state index in [2.05, 4.69) is 10.3 Å². The van der Waals surface area contributed by atoms with Crippen molar-refractivity contribution in [2.45, 2.75) is 13.0 Å². The Balaban J connectivity index is 1.79. The van der Waals surface area contributed by atoms with E-state index in [4.69, 9.17) is 0 Å². The first-order valence-electron chi connectivity index (χ1n) is 5.57. The molecule has 2 aromatic rings. The molecule has 1 aromatic carbocycles. The van der Waals surface area contributed by atoms with Crippen molar-refractivity contribution in [1.29, 1.82) is 0 Å². The molecule has 0 aliphatic rings. The van der Waals surface area contributed by atoms with Crippen LogP contribution in [0.15, 0.2) is 35.2 Å². The average molecular weight is 263 g/mol. The summed E-state index contributed by atoms with van der Waals surface area (Å²) < 4.78 is 0.